The summed E-state index contributed by atoms with van der Waals surface area (Å²) in [6.07, 6.45) is 10.6. The average Bonchev–Trinajstić information content (AvgIpc) is 2.75. The quantitative estimate of drug-likeness (QED) is 0.587. The molecule has 0 saturated heterocycles. The zero-order valence-electron chi connectivity index (χ0n) is 11.1. The number of ketones is 1. The molecule has 1 aromatic heterocycles. The first-order chi connectivity index (χ1) is 9.36. The van der Waals surface area contributed by atoms with Crippen molar-refractivity contribution < 1.29 is 4.79 Å². The van der Waals surface area contributed by atoms with E-state index in [9.17, 15) is 4.79 Å². The highest BCUT2D eigenvalue weighted by molar-refractivity contribution is 6.08. The van der Waals surface area contributed by atoms with Gasteiger partial charge in [0, 0.05) is 29.3 Å². The summed E-state index contributed by atoms with van der Waals surface area (Å²) >= 11 is 0. The maximum atomic E-state index is 12.7. The van der Waals surface area contributed by atoms with Crippen molar-refractivity contribution in [1.29, 1.82) is 0 Å². The van der Waals surface area contributed by atoms with Gasteiger partial charge in [0.1, 0.15) is 0 Å². The Kier molecular flexibility index (Phi) is 3.58. The second kappa shape index (κ2) is 5.52. The fraction of sp³-hybridized carbons (Fsp3) is 0.412. The molecule has 1 aromatic carbocycles. The molecule has 2 aromatic rings. The van der Waals surface area contributed by atoms with Crippen LogP contribution in [0, 0.1) is 5.92 Å². The number of benzene rings is 1. The third kappa shape index (κ3) is 2.53. The van der Waals surface area contributed by atoms with Crippen LogP contribution >= 0.6 is 0 Å². The Bertz CT molecular complexity index is 577. The smallest absolute Gasteiger partial charge is 0.166 e. The highest BCUT2D eigenvalue weighted by Crippen LogP contribution is 2.28. The Hall–Kier alpha value is -1.70. The summed E-state index contributed by atoms with van der Waals surface area (Å²) < 4.78 is 0. The van der Waals surface area contributed by atoms with Crippen molar-refractivity contribution in [2.45, 2.75) is 38.5 Å². The number of hydrogen-bond donors (Lipinski definition) is 0. The molecular weight excluding hydrogens is 234 g/mol. The van der Waals surface area contributed by atoms with Crippen LogP contribution in [0.3, 0.4) is 0 Å². The van der Waals surface area contributed by atoms with Gasteiger partial charge in [-0.3, -0.25) is 9.78 Å². The first kappa shape index (κ1) is 12.3. The van der Waals surface area contributed by atoms with E-state index in [1.807, 2.05) is 30.5 Å². The molecule has 0 N–H and O–H groups in total. The highest BCUT2D eigenvalue weighted by Gasteiger charge is 2.22. The highest BCUT2D eigenvalue weighted by atomic mass is 16.1. The van der Waals surface area contributed by atoms with Gasteiger partial charge in [0.15, 0.2) is 5.78 Å². The van der Waals surface area contributed by atoms with E-state index >= 15 is 0 Å². The number of carbonyl (C=O) groups is 1. The van der Waals surface area contributed by atoms with E-state index in [1.165, 1.54) is 25.7 Å². The van der Waals surface area contributed by atoms with Gasteiger partial charge in [0.2, 0.25) is 0 Å². The minimum absolute atomic E-state index is 0.216. The van der Waals surface area contributed by atoms with Crippen LogP contribution in [0.2, 0.25) is 0 Å². The molecule has 0 bridgehead atoms. The molecule has 1 fully saturated rings. The molecule has 0 spiro atoms. The Balaban J connectivity index is 1.96. The molecule has 3 rings (SSSR count). The molecule has 0 unspecified atom stereocenters. The van der Waals surface area contributed by atoms with Crippen LogP contribution in [0.25, 0.3) is 10.8 Å². The summed E-state index contributed by atoms with van der Waals surface area (Å²) in [5.41, 5.74) is 0.859. The standard InChI is InChI=1S/C17H19NO/c19-17(14-6-3-1-2-4-7-14)15-9-5-8-13-10-11-18-12-16(13)15/h5,8-12,14H,1-4,6-7H2. The van der Waals surface area contributed by atoms with E-state index in [4.69, 9.17) is 0 Å². The number of nitrogens with zero attached hydrogens (tertiary/aromatic N) is 1. The number of aromatic nitrogens is 1. The van der Waals surface area contributed by atoms with E-state index in [0.717, 1.165) is 29.2 Å². The van der Waals surface area contributed by atoms with E-state index in [2.05, 4.69) is 4.98 Å². The van der Waals surface area contributed by atoms with Crippen molar-refractivity contribution in [3.8, 4) is 0 Å². The molecule has 1 aliphatic carbocycles. The lowest BCUT2D eigenvalue weighted by atomic mass is 9.89. The van der Waals surface area contributed by atoms with Gasteiger partial charge in [-0.1, -0.05) is 43.9 Å². The summed E-state index contributed by atoms with van der Waals surface area (Å²) in [5.74, 6) is 0.536. The molecule has 0 atom stereocenters. The number of carbonyl (C=O) groups excluding carboxylic acids is 1. The second-order valence-electron chi connectivity index (χ2n) is 5.46. The summed E-state index contributed by atoms with van der Waals surface area (Å²) in [4.78, 5) is 16.9. The van der Waals surface area contributed by atoms with Crippen LogP contribution in [0.5, 0.6) is 0 Å². The third-order valence-corrected chi connectivity index (χ3v) is 4.18. The molecular formula is C17H19NO. The van der Waals surface area contributed by atoms with Gasteiger partial charge in [-0.2, -0.15) is 0 Å². The molecule has 1 saturated carbocycles. The minimum atomic E-state index is 0.216. The first-order valence-electron chi connectivity index (χ1n) is 7.23. The van der Waals surface area contributed by atoms with Crippen molar-refractivity contribution in [3.05, 3.63) is 42.2 Å². The predicted octanol–water partition coefficient (Wildman–Crippen LogP) is 4.39. The maximum Gasteiger partial charge on any atom is 0.166 e. The predicted molar refractivity (Wildman–Crippen MR) is 77.3 cm³/mol. The van der Waals surface area contributed by atoms with E-state index in [-0.39, 0.29) is 5.92 Å². The molecule has 1 aliphatic rings. The van der Waals surface area contributed by atoms with Gasteiger partial charge in [0.25, 0.3) is 0 Å². The van der Waals surface area contributed by atoms with Crippen molar-refractivity contribution in [2.75, 3.05) is 0 Å². The molecule has 0 aliphatic heterocycles. The van der Waals surface area contributed by atoms with Gasteiger partial charge in [-0.25, -0.2) is 0 Å². The lowest BCUT2D eigenvalue weighted by Gasteiger charge is -2.14. The monoisotopic (exact) mass is 253 g/mol. The van der Waals surface area contributed by atoms with Gasteiger partial charge < -0.3 is 0 Å². The summed E-state index contributed by atoms with van der Waals surface area (Å²) in [5, 5.41) is 2.11. The Morgan fingerprint density at radius 3 is 2.63 bits per heavy atom. The molecule has 2 nitrogen and oxygen atoms in total. The number of fused-ring (bicyclic) bond motifs is 1. The zero-order valence-corrected chi connectivity index (χ0v) is 11.1. The maximum absolute atomic E-state index is 12.7. The third-order valence-electron chi connectivity index (χ3n) is 4.18. The fourth-order valence-corrected chi connectivity index (χ4v) is 3.09. The van der Waals surface area contributed by atoms with Crippen LogP contribution in [0.1, 0.15) is 48.9 Å². The van der Waals surface area contributed by atoms with E-state index in [0.29, 0.717) is 5.78 Å². The molecule has 0 radical (unpaired) electrons. The van der Waals surface area contributed by atoms with Gasteiger partial charge in [0.05, 0.1) is 0 Å². The van der Waals surface area contributed by atoms with Crippen molar-refractivity contribution in [1.82, 2.24) is 4.98 Å². The van der Waals surface area contributed by atoms with Crippen molar-refractivity contribution >= 4 is 16.6 Å². The van der Waals surface area contributed by atoms with E-state index in [1.54, 1.807) is 6.20 Å². The number of Topliss-reactive ketones (excluding diaryl/α,β-unsaturated/α-hetero) is 1. The largest absolute Gasteiger partial charge is 0.294 e. The van der Waals surface area contributed by atoms with Crippen LogP contribution in [-0.4, -0.2) is 10.8 Å². The molecule has 19 heavy (non-hydrogen) atoms. The molecule has 0 amide bonds. The molecule has 2 heteroatoms. The minimum Gasteiger partial charge on any atom is -0.294 e. The Morgan fingerprint density at radius 2 is 1.84 bits per heavy atom. The van der Waals surface area contributed by atoms with Crippen LogP contribution in [-0.2, 0) is 0 Å². The summed E-state index contributed by atoms with van der Waals surface area (Å²) in [6, 6.07) is 7.95. The van der Waals surface area contributed by atoms with E-state index < -0.39 is 0 Å². The lowest BCUT2D eigenvalue weighted by Crippen LogP contribution is -2.14. The van der Waals surface area contributed by atoms with Crippen LogP contribution < -0.4 is 0 Å². The second-order valence-corrected chi connectivity index (χ2v) is 5.46. The van der Waals surface area contributed by atoms with Crippen molar-refractivity contribution in [2.24, 2.45) is 5.92 Å². The Labute approximate surface area is 113 Å². The normalized spacial score (nSPS) is 17.3. The number of rotatable bonds is 2. The first-order valence-corrected chi connectivity index (χ1v) is 7.23. The number of hydrogen-bond acceptors (Lipinski definition) is 2. The molecule has 98 valence electrons. The zero-order chi connectivity index (χ0) is 13.1. The van der Waals surface area contributed by atoms with Gasteiger partial charge in [-0.15, -0.1) is 0 Å². The van der Waals surface area contributed by atoms with Gasteiger partial charge >= 0.3 is 0 Å². The SMILES string of the molecule is O=C(c1cccc2ccncc12)C1CCCCCC1. The summed E-state index contributed by atoms with van der Waals surface area (Å²) in [6.45, 7) is 0. The van der Waals surface area contributed by atoms with Crippen LogP contribution in [0.4, 0.5) is 0 Å². The van der Waals surface area contributed by atoms with Crippen molar-refractivity contribution in [3.63, 3.8) is 0 Å². The van der Waals surface area contributed by atoms with Gasteiger partial charge in [-0.05, 0) is 24.3 Å². The lowest BCUT2D eigenvalue weighted by molar-refractivity contribution is 0.0909. The molecule has 1 heterocycles. The van der Waals surface area contributed by atoms with Crippen LogP contribution in [0.15, 0.2) is 36.7 Å². The number of pyridine rings is 1. The fourth-order valence-electron chi connectivity index (χ4n) is 3.09. The average molecular weight is 253 g/mol. The Morgan fingerprint density at radius 1 is 1.05 bits per heavy atom. The topological polar surface area (TPSA) is 30.0 Å². The summed E-state index contributed by atoms with van der Waals surface area (Å²) in [7, 11) is 0.